The maximum absolute atomic E-state index is 12.3. The van der Waals surface area contributed by atoms with E-state index in [1.54, 1.807) is 10.9 Å². The fourth-order valence-corrected chi connectivity index (χ4v) is 2.22. The van der Waals surface area contributed by atoms with Crippen molar-refractivity contribution in [3.63, 3.8) is 0 Å². The van der Waals surface area contributed by atoms with Crippen LogP contribution in [0.1, 0.15) is 13.0 Å². The highest BCUT2D eigenvalue weighted by molar-refractivity contribution is 5.93. The molecule has 0 saturated carbocycles. The lowest BCUT2D eigenvalue weighted by atomic mass is 10.1. The Bertz CT molecular complexity index is 750. The smallest absolute Gasteiger partial charge is 0.248 e. The van der Waals surface area contributed by atoms with Crippen LogP contribution in [0, 0.1) is 0 Å². The number of para-hydroxylation sites is 1. The van der Waals surface area contributed by atoms with Crippen molar-refractivity contribution in [2.24, 2.45) is 0 Å². The zero-order valence-electron chi connectivity index (χ0n) is 12.3. The molecule has 22 heavy (non-hydrogen) atoms. The molecule has 0 fully saturated rings. The number of rotatable bonds is 4. The summed E-state index contributed by atoms with van der Waals surface area (Å²) >= 11 is 0. The minimum atomic E-state index is -0.377. The number of anilines is 1. The van der Waals surface area contributed by atoms with Gasteiger partial charge in [0.05, 0.1) is 6.20 Å². The average Bonchev–Trinajstić information content (AvgIpc) is 3.06. The van der Waals surface area contributed by atoms with E-state index in [9.17, 15) is 4.79 Å². The molecule has 4 heteroatoms. The van der Waals surface area contributed by atoms with E-state index in [0.717, 1.165) is 16.8 Å². The van der Waals surface area contributed by atoms with Gasteiger partial charge in [0, 0.05) is 17.4 Å². The lowest BCUT2D eigenvalue weighted by Crippen LogP contribution is -2.23. The summed E-state index contributed by atoms with van der Waals surface area (Å²) in [7, 11) is 0. The summed E-state index contributed by atoms with van der Waals surface area (Å²) in [4.78, 5) is 12.3. The molecule has 4 nitrogen and oxygen atoms in total. The predicted molar refractivity (Wildman–Crippen MR) is 87.4 cm³/mol. The van der Waals surface area contributed by atoms with E-state index < -0.39 is 0 Å². The summed E-state index contributed by atoms with van der Waals surface area (Å²) in [5, 5.41) is 7.20. The van der Waals surface area contributed by atoms with Gasteiger partial charge in [0.2, 0.25) is 5.91 Å². The molecule has 0 radical (unpaired) electrons. The zero-order chi connectivity index (χ0) is 15.4. The Labute approximate surface area is 129 Å². The van der Waals surface area contributed by atoms with Gasteiger partial charge in [-0.15, -0.1) is 0 Å². The molecule has 1 atom stereocenters. The standard InChI is InChI=1S/C18H17N3O/c1-14(18(22)20-17-10-6-3-7-11-17)21-13-16(12-19-21)15-8-4-2-5-9-15/h2-14H,1H3,(H,20,22). The molecule has 0 aliphatic heterocycles. The summed E-state index contributed by atoms with van der Waals surface area (Å²) < 4.78 is 1.68. The molecule has 1 amide bonds. The molecule has 3 rings (SSSR count). The molecule has 2 aromatic carbocycles. The third-order valence-electron chi connectivity index (χ3n) is 3.53. The highest BCUT2D eigenvalue weighted by atomic mass is 16.2. The minimum Gasteiger partial charge on any atom is -0.324 e. The van der Waals surface area contributed by atoms with Crippen molar-refractivity contribution >= 4 is 11.6 Å². The van der Waals surface area contributed by atoms with Crippen LogP contribution in [-0.2, 0) is 4.79 Å². The van der Waals surface area contributed by atoms with Crippen LogP contribution in [0.15, 0.2) is 73.1 Å². The van der Waals surface area contributed by atoms with Gasteiger partial charge in [0.25, 0.3) is 0 Å². The van der Waals surface area contributed by atoms with E-state index in [4.69, 9.17) is 0 Å². The van der Waals surface area contributed by atoms with Gasteiger partial charge >= 0.3 is 0 Å². The molecule has 110 valence electrons. The Kier molecular flexibility index (Phi) is 4.01. The molecular weight excluding hydrogens is 274 g/mol. The highest BCUT2D eigenvalue weighted by Crippen LogP contribution is 2.20. The maximum atomic E-state index is 12.3. The van der Waals surface area contributed by atoms with Crippen LogP contribution >= 0.6 is 0 Å². The number of nitrogens with one attached hydrogen (secondary N) is 1. The number of carbonyl (C=O) groups is 1. The molecule has 1 unspecified atom stereocenters. The largest absolute Gasteiger partial charge is 0.324 e. The van der Waals surface area contributed by atoms with Crippen LogP contribution in [-0.4, -0.2) is 15.7 Å². The Hall–Kier alpha value is -2.88. The van der Waals surface area contributed by atoms with E-state index >= 15 is 0 Å². The van der Waals surface area contributed by atoms with Gasteiger partial charge in [-0.1, -0.05) is 48.5 Å². The van der Waals surface area contributed by atoms with Crippen LogP contribution in [0.4, 0.5) is 5.69 Å². The van der Waals surface area contributed by atoms with Crippen molar-refractivity contribution in [2.45, 2.75) is 13.0 Å². The van der Waals surface area contributed by atoms with E-state index in [1.165, 1.54) is 0 Å². The van der Waals surface area contributed by atoms with Gasteiger partial charge in [-0.05, 0) is 24.6 Å². The molecule has 0 saturated heterocycles. The quantitative estimate of drug-likeness (QED) is 0.795. The fraction of sp³-hybridized carbons (Fsp3) is 0.111. The Morgan fingerprint density at radius 3 is 2.32 bits per heavy atom. The van der Waals surface area contributed by atoms with Gasteiger partial charge in [0.15, 0.2) is 0 Å². The molecule has 0 spiro atoms. The van der Waals surface area contributed by atoms with Crippen LogP contribution in [0.25, 0.3) is 11.1 Å². The number of amides is 1. The predicted octanol–water partition coefficient (Wildman–Crippen LogP) is 3.75. The number of nitrogens with zero attached hydrogens (tertiary/aromatic N) is 2. The number of benzene rings is 2. The van der Waals surface area contributed by atoms with Crippen LogP contribution in [0.3, 0.4) is 0 Å². The van der Waals surface area contributed by atoms with E-state index in [-0.39, 0.29) is 11.9 Å². The summed E-state index contributed by atoms with van der Waals surface area (Å²) in [5.74, 6) is -0.0890. The molecule has 1 N–H and O–H groups in total. The normalized spacial score (nSPS) is 11.9. The lowest BCUT2D eigenvalue weighted by Gasteiger charge is -2.12. The Balaban J connectivity index is 1.74. The molecule has 0 aliphatic carbocycles. The van der Waals surface area contributed by atoms with Gasteiger partial charge in [-0.25, -0.2) is 0 Å². The van der Waals surface area contributed by atoms with E-state index in [0.29, 0.717) is 0 Å². The number of hydrogen-bond donors (Lipinski definition) is 1. The van der Waals surface area contributed by atoms with Crippen molar-refractivity contribution in [3.05, 3.63) is 73.1 Å². The van der Waals surface area contributed by atoms with Crippen LogP contribution in [0.5, 0.6) is 0 Å². The third kappa shape index (κ3) is 3.06. The zero-order valence-corrected chi connectivity index (χ0v) is 12.3. The second kappa shape index (κ2) is 6.26. The van der Waals surface area contributed by atoms with Crippen LogP contribution in [0.2, 0.25) is 0 Å². The van der Waals surface area contributed by atoms with Gasteiger partial charge in [-0.3, -0.25) is 9.48 Å². The Morgan fingerprint density at radius 2 is 1.64 bits per heavy atom. The van der Waals surface area contributed by atoms with Gasteiger partial charge < -0.3 is 5.32 Å². The third-order valence-corrected chi connectivity index (χ3v) is 3.53. The SMILES string of the molecule is CC(C(=O)Nc1ccccc1)n1cc(-c2ccccc2)cn1. The molecule has 0 bridgehead atoms. The Morgan fingerprint density at radius 1 is 1.00 bits per heavy atom. The minimum absolute atomic E-state index is 0.0890. The summed E-state index contributed by atoms with van der Waals surface area (Å²) in [6.45, 7) is 1.83. The first kappa shape index (κ1) is 14.1. The summed E-state index contributed by atoms with van der Waals surface area (Å²) in [6.07, 6.45) is 3.67. The van der Waals surface area contributed by atoms with Crippen molar-refractivity contribution < 1.29 is 4.79 Å². The van der Waals surface area contributed by atoms with E-state index in [1.807, 2.05) is 73.8 Å². The number of carbonyl (C=O) groups excluding carboxylic acids is 1. The van der Waals surface area contributed by atoms with Gasteiger partial charge in [0.1, 0.15) is 6.04 Å². The first-order chi connectivity index (χ1) is 10.7. The van der Waals surface area contributed by atoms with Crippen molar-refractivity contribution in [3.8, 4) is 11.1 Å². The van der Waals surface area contributed by atoms with Crippen molar-refractivity contribution in [1.29, 1.82) is 0 Å². The summed E-state index contributed by atoms with van der Waals surface area (Å²) in [6, 6.07) is 19.0. The maximum Gasteiger partial charge on any atom is 0.248 e. The molecular formula is C18H17N3O. The monoisotopic (exact) mass is 291 g/mol. The second-order valence-electron chi connectivity index (χ2n) is 5.11. The molecule has 3 aromatic rings. The number of hydrogen-bond acceptors (Lipinski definition) is 2. The number of aromatic nitrogens is 2. The molecule has 0 aliphatic rings. The molecule has 1 aromatic heterocycles. The average molecular weight is 291 g/mol. The lowest BCUT2D eigenvalue weighted by molar-refractivity contribution is -0.119. The fourth-order valence-electron chi connectivity index (χ4n) is 2.22. The van der Waals surface area contributed by atoms with Gasteiger partial charge in [-0.2, -0.15) is 5.10 Å². The van der Waals surface area contributed by atoms with E-state index in [2.05, 4.69) is 10.4 Å². The topological polar surface area (TPSA) is 46.9 Å². The molecule has 1 heterocycles. The summed E-state index contributed by atoms with van der Waals surface area (Å²) in [5.41, 5.74) is 2.87. The first-order valence-electron chi connectivity index (χ1n) is 7.19. The van der Waals surface area contributed by atoms with Crippen molar-refractivity contribution in [2.75, 3.05) is 5.32 Å². The highest BCUT2D eigenvalue weighted by Gasteiger charge is 2.16. The first-order valence-corrected chi connectivity index (χ1v) is 7.19. The second-order valence-corrected chi connectivity index (χ2v) is 5.11. The van der Waals surface area contributed by atoms with Crippen LogP contribution < -0.4 is 5.32 Å². The van der Waals surface area contributed by atoms with Crippen molar-refractivity contribution in [1.82, 2.24) is 9.78 Å².